The van der Waals surface area contributed by atoms with E-state index in [1.165, 1.54) is 31.4 Å². The minimum Gasteiger partial charge on any atom is -0.507 e. The molecule has 0 radical (unpaired) electrons. The molecule has 5 heteroatoms. The molecule has 2 fully saturated rings. The summed E-state index contributed by atoms with van der Waals surface area (Å²) in [6.07, 6.45) is 4.68. The second-order valence-electron chi connectivity index (χ2n) is 5.29. The number of rotatable bonds is 2. The molecule has 2 aliphatic rings. The number of fused-ring (bicyclic) bond motifs is 2. The van der Waals surface area contributed by atoms with E-state index in [4.69, 9.17) is 11.6 Å². The van der Waals surface area contributed by atoms with E-state index < -0.39 is 5.91 Å². The molecule has 3 rings (SSSR count). The minimum absolute atomic E-state index is 0.127. The van der Waals surface area contributed by atoms with E-state index in [1.807, 2.05) is 0 Å². The maximum absolute atomic E-state index is 11.9. The first kappa shape index (κ1) is 12.5. The van der Waals surface area contributed by atoms with Crippen LogP contribution in [0.4, 0.5) is 0 Å². The number of phenols is 1. The molecular weight excluding hydrogens is 264 g/mol. The molecule has 0 aromatic heterocycles. The van der Waals surface area contributed by atoms with Crippen LogP contribution < -0.4 is 5.43 Å². The third kappa shape index (κ3) is 2.45. The first-order valence-electron chi connectivity index (χ1n) is 6.49. The van der Waals surface area contributed by atoms with Gasteiger partial charge in [-0.2, -0.15) is 5.10 Å². The van der Waals surface area contributed by atoms with Gasteiger partial charge in [0.2, 0.25) is 0 Å². The zero-order valence-corrected chi connectivity index (χ0v) is 11.2. The first-order chi connectivity index (χ1) is 9.13. The van der Waals surface area contributed by atoms with E-state index in [0.717, 1.165) is 18.1 Å². The molecule has 0 unspecified atom stereocenters. The summed E-state index contributed by atoms with van der Waals surface area (Å²) in [5.41, 5.74) is 3.82. The molecule has 2 saturated carbocycles. The van der Waals surface area contributed by atoms with Crippen LogP contribution in [0, 0.1) is 11.8 Å². The van der Waals surface area contributed by atoms with Crippen molar-refractivity contribution in [1.82, 2.24) is 5.43 Å². The van der Waals surface area contributed by atoms with Gasteiger partial charge in [0, 0.05) is 10.7 Å². The van der Waals surface area contributed by atoms with Gasteiger partial charge in [-0.25, -0.2) is 5.43 Å². The quantitative estimate of drug-likeness (QED) is 0.817. The Bertz CT molecular complexity index is 556. The standard InChI is InChI=1S/C14H15ClN2O2/c15-10-3-4-11(13(18)7-10)14(19)17-16-12-6-8-1-2-9(12)5-8/h3-4,7-9,18H,1-2,5-6H2,(H,17,19)/b16-12-/t8-,9-/m1/s1. The second-order valence-corrected chi connectivity index (χ2v) is 5.72. The van der Waals surface area contributed by atoms with E-state index in [2.05, 4.69) is 10.5 Å². The monoisotopic (exact) mass is 278 g/mol. The third-order valence-electron chi connectivity index (χ3n) is 4.02. The molecule has 4 nitrogen and oxygen atoms in total. The van der Waals surface area contributed by atoms with Gasteiger partial charge in [0.15, 0.2) is 0 Å². The average molecular weight is 279 g/mol. The summed E-state index contributed by atoms with van der Waals surface area (Å²) < 4.78 is 0. The normalized spacial score (nSPS) is 26.9. The van der Waals surface area contributed by atoms with Crippen LogP contribution in [0.3, 0.4) is 0 Å². The number of halogens is 1. The summed E-state index contributed by atoms with van der Waals surface area (Å²) in [7, 11) is 0. The highest BCUT2D eigenvalue weighted by Crippen LogP contribution is 2.42. The van der Waals surface area contributed by atoms with Crippen molar-refractivity contribution in [2.24, 2.45) is 16.9 Å². The molecule has 1 aromatic rings. The van der Waals surface area contributed by atoms with Crippen molar-refractivity contribution in [3.05, 3.63) is 28.8 Å². The smallest absolute Gasteiger partial charge is 0.275 e. The number of hydrazone groups is 1. The van der Waals surface area contributed by atoms with E-state index >= 15 is 0 Å². The minimum atomic E-state index is -0.399. The van der Waals surface area contributed by atoms with E-state index in [9.17, 15) is 9.90 Å². The van der Waals surface area contributed by atoms with E-state index in [-0.39, 0.29) is 11.3 Å². The van der Waals surface area contributed by atoms with Crippen LogP contribution in [-0.2, 0) is 0 Å². The summed E-state index contributed by atoms with van der Waals surface area (Å²) in [5.74, 6) is 0.774. The number of nitrogens with zero attached hydrogens (tertiary/aromatic N) is 1. The number of nitrogens with one attached hydrogen (secondary N) is 1. The highest BCUT2D eigenvalue weighted by atomic mass is 35.5. The van der Waals surface area contributed by atoms with Gasteiger partial charge >= 0.3 is 0 Å². The number of benzene rings is 1. The topological polar surface area (TPSA) is 61.7 Å². The van der Waals surface area contributed by atoms with Crippen molar-refractivity contribution in [2.45, 2.75) is 25.7 Å². The lowest BCUT2D eigenvalue weighted by Crippen LogP contribution is -2.22. The summed E-state index contributed by atoms with van der Waals surface area (Å²) in [4.78, 5) is 11.9. The summed E-state index contributed by atoms with van der Waals surface area (Å²) in [6.45, 7) is 0. The lowest BCUT2D eigenvalue weighted by atomic mass is 9.99. The molecule has 0 heterocycles. The van der Waals surface area contributed by atoms with Crippen molar-refractivity contribution < 1.29 is 9.90 Å². The summed E-state index contributed by atoms with van der Waals surface area (Å²) in [5, 5.41) is 14.3. The van der Waals surface area contributed by atoms with Crippen LogP contribution in [0.2, 0.25) is 5.02 Å². The van der Waals surface area contributed by atoms with Gasteiger partial charge in [-0.3, -0.25) is 4.79 Å². The fourth-order valence-electron chi connectivity index (χ4n) is 3.04. The van der Waals surface area contributed by atoms with Crippen molar-refractivity contribution in [3.8, 4) is 5.75 Å². The third-order valence-corrected chi connectivity index (χ3v) is 4.25. The van der Waals surface area contributed by atoms with Gasteiger partial charge < -0.3 is 5.11 Å². The van der Waals surface area contributed by atoms with Crippen LogP contribution in [0.5, 0.6) is 5.75 Å². The van der Waals surface area contributed by atoms with Crippen LogP contribution in [-0.4, -0.2) is 16.7 Å². The van der Waals surface area contributed by atoms with Crippen molar-refractivity contribution in [2.75, 3.05) is 0 Å². The maximum atomic E-state index is 11.9. The van der Waals surface area contributed by atoms with Crippen LogP contribution >= 0.6 is 11.6 Å². The molecule has 1 amide bonds. The SMILES string of the molecule is O=C(N/N=C1/C[C@@H]2CC[C@@H]1C2)c1ccc(Cl)cc1O. The van der Waals surface area contributed by atoms with Crippen molar-refractivity contribution in [3.63, 3.8) is 0 Å². The molecule has 2 aliphatic carbocycles. The van der Waals surface area contributed by atoms with Gasteiger partial charge in [-0.05, 0) is 55.7 Å². The molecule has 0 spiro atoms. The summed E-state index contributed by atoms with van der Waals surface area (Å²) >= 11 is 5.73. The first-order valence-corrected chi connectivity index (χ1v) is 6.86. The van der Waals surface area contributed by atoms with Crippen LogP contribution in [0.15, 0.2) is 23.3 Å². The Balaban J connectivity index is 1.70. The molecule has 19 heavy (non-hydrogen) atoms. The number of aromatic hydroxyl groups is 1. The van der Waals surface area contributed by atoms with E-state index in [0.29, 0.717) is 10.9 Å². The van der Waals surface area contributed by atoms with Gasteiger partial charge in [0.05, 0.1) is 5.56 Å². The Labute approximate surface area is 116 Å². The van der Waals surface area contributed by atoms with Crippen LogP contribution in [0.25, 0.3) is 0 Å². The maximum Gasteiger partial charge on any atom is 0.275 e. The Hall–Kier alpha value is -1.55. The number of hydrogen-bond acceptors (Lipinski definition) is 3. The Kier molecular flexibility index (Phi) is 3.19. The number of carbonyl (C=O) groups is 1. The lowest BCUT2D eigenvalue weighted by Gasteiger charge is -2.11. The highest BCUT2D eigenvalue weighted by molar-refractivity contribution is 6.30. The predicted molar refractivity (Wildman–Crippen MR) is 73.5 cm³/mol. The zero-order chi connectivity index (χ0) is 13.4. The fraction of sp³-hybridized carbons (Fsp3) is 0.429. The number of carbonyl (C=O) groups excluding carboxylic acids is 1. The zero-order valence-electron chi connectivity index (χ0n) is 10.4. The molecule has 0 saturated heterocycles. The summed E-state index contributed by atoms with van der Waals surface area (Å²) in [6, 6.07) is 4.41. The molecule has 2 N–H and O–H groups in total. The van der Waals surface area contributed by atoms with Gasteiger partial charge in [0.25, 0.3) is 5.91 Å². The van der Waals surface area contributed by atoms with Gasteiger partial charge in [-0.15, -0.1) is 0 Å². The van der Waals surface area contributed by atoms with Gasteiger partial charge in [0.1, 0.15) is 5.75 Å². The largest absolute Gasteiger partial charge is 0.507 e. The number of hydrogen-bond donors (Lipinski definition) is 2. The number of amides is 1. The van der Waals surface area contributed by atoms with E-state index in [1.54, 1.807) is 6.07 Å². The second kappa shape index (κ2) is 4.85. The molecule has 2 atom stereocenters. The molecule has 100 valence electrons. The highest BCUT2D eigenvalue weighted by Gasteiger charge is 2.36. The Morgan fingerprint density at radius 2 is 2.26 bits per heavy atom. The predicted octanol–water partition coefficient (Wildman–Crippen LogP) is 2.95. The van der Waals surface area contributed by atoms with Crippen molar-refractivity contribution >= 4 is 23.2 Å². The Morgan fingerprint density at radius 3 is 2.89 bits per heavy atom. The lowest BCUT2D eigenvalue weighted by molar-refractivity contribution is 0.0952. The fourth-order valence-corrected chi connectivity index (χ4v) is 3.21. The molecule has 0 aliphatic heterocycles. The van der Waals surface area contributed by atoms with Crippen LogP contribution in [0.1, 0.15) is 36.0 Å². The Morgan fingerprint density at radius 1 is 1.42 bits per heavy atom. The van der Waals surface area contributed by atoms with Gasteiger partial charge in [-0.1, -0.05) is 11.6 Å². The average Bonchev–Trinajstić information content (AvgIpc) is 2.98. The molecule has 1 aromatic carbocycles. The molecular formula is C14H15ClN2O2. The number of phenolic OH excluding ortho intramolecular Hbond substituents is 1. The molecule has 2 bridgehead atoms. The van der Waals surface area contributed by atoms with Crippen molar-refractivity contribution in [1.29, 1.82) is 0 Å².